The third kappa shape index (κ3) is 12.5. The molecule has 0 bridgehead atoms. The molecule has 4 aliphatic rings. The Bertz CT molecular complexity index is 1390. The molecule has 7 rings (SSSR count). The fourth-order valence-corrected chi connectivity index (χ4v) is 5.02. The van der Waals surface area contributed by atoms with Crippen LogP contribution >= 0.6 is 0 Å². The second-order valence-electron chi connectivity index (χ2n) is 10.2. The van der Waals surface area contributed by atoms with E-state index < -0.39 is 0 Å². The zero-order valence-corrected chi connectivity index (χ0v) is 29.9. The summed E-state index contributed by atoms with van der Waals surface area (Å²) in [6.07, 6.45) is 10.0. The normalized spacial score (nSPS) is 16.4. The van der Waals surface area contributed by atoms with E-state index in [1.807, 2.05) is 123 Å². The van der Waals surface area contributed by atoms with Gasteiger partial charge in [0.05, 0.1) is 19.6 Å². The molecule has 0 N–H and O–H groups in total. The van der Waals surface area contributed by atoms with E-state index in [2.05, 4.69) is 15.0 Å². The van der Waals surface area contributed by atoms with E-state index in [4.69, 9.17) is 37.9 Å². The number of carbonyl (C=O) groups excluding carboxylic acids is 3. The van der Waals surface area contributed by atoms with Gasteiger partial charge in [-0.15, -0.1) is 0 Å². The molecule has 3 amide bonds. The minimum atomic E-state index is -0.0150. The number of benzene rings is 3. The van der Waals surface area contributed by atoms with Crippen LogP contribution in [-0.2, 0) is 93.6 Å². The standard InChI is InChI=1S/3C10H10N2OS.C5H5.Ti/c3*13-9-6-11-10(14)12(9)7-8-4-2-1-3-5-8;1-2-4-5-3-1;/h3*1-5H,6-7H2,(H,11,14);1-5H;/q;;;;+4/p-3. The third-order valence-electron chi connectivity index (χ3n) is 6.75. The molecule has 3 aromatic carbocycles. The number of aliphatic imine (C=N–C) groups is 3. The summed E-state index contributed by atoms with van der Waals surface area (Å²) >= 11 is 14.9. The molecule has 5 radical (unpaired) electrons. The number of amides is 3. The van der Waals surface area contributed by atoms with Crippen molar-refractivity contribution >= 4 is 71.1 Å². The molecule has 0 unspecified atom stereocenters. The Morgan fingerprint density at radius 2 is 0.667 bits per heavy atom. The van der Waals surface area contributed by atoms with Crippen LogP contribution in [0.25, 0.3) is 0 Å². The SMILES string of the molecule is O=C1CN=C([S-])N1Cc1ccccc1.O=C1CN=C([S-])N1Cc1ccccc1.O=C1CN=C([S-])N1Cc1ccccc1.[CH]1[CH][CH][CH][CH]1.[Ti+4]. The summed E-state index contributed by atoms with van der Waals surface area (Å²) in [5.41, 5.74) is 3.21. The van der Waals surface area contributed by atoms with Crippen LogP contribution in [0.1, 0.15) is 16.7 Å². The van der Waals surface area contributed by atoms with Gasteiger partial charge in [-0.25, -0.2) is 0 Å². The molecule has 1 aliphatic carbocycles. The molecule has 13 heteroatoms. The Labute approximate surface area is 314 Å². The molecular weight excluding hydrogens is 696 g/mol. The minimum Gasteiger partial charge on any atom is -0.742 e. The second kappa shape index (κ2) is 20.7. The van der Waals surface area contributed by atoms with E-state index in [1.165, 1.54) is 14.7 Å². The van der Waals surface area contributed by atoms with Gasteiger partial charge in [-0.1, -0.05) is 91.0 Å². The van der Waals surface area contributed by atoms with Crippen LogP contribution in [0, 0.1) is 32.1 Å². The van der Waals surface area contributed by atoms with Crippen molar-refractivity contribution in [2.24, 2.45) is 15.0 Å². The Morgan fingerprint density at radius 1 is 0.438 bits per heavy atom. The largest absolute Gasteiger partial charge is 4.00 e. The minimum absolute atomic E-state index is 0. The molecule has 3 heterocycles. The maximum Gasteiger partial charge on any atom is 4.00 e. The summed E-state index contributed by atoms with van der Waals surface area (Å²) in [6.45, 7) is 2.19. The molecule has 1 fully saturated rings. The second-order valence-corrected chi connectivity index (χ2v) is 11.3. The zero-order valence-electron chi connectivity index (χ0n) is 25.9. The maximum atomic E-state index is 11.3. The van der Waals surface area contributed by atoms with Crippen LogP contribution < -0.4 is 0 Å². The first-order valence-electron chi connectivity index (χ1n) is 14.7. The van der Waals surface area contributed by atoms with E-state index in [0.717, 1.165) is 16.7 Å². The van der Waals surface area contributed by atoms with Crippen LogP contribution in [0.2, 0.25) is 0 Å². The Kier molecular flexibility index (Phi) is 16.8. The van der Waals surface area contributed by atoms with Gasteiger partial charge < -0.3 is 52.6 Å². The van der Waals surface area contributed by atoms with E-state index in [1.54, 1.807) is 0 Å². The van der Waals surface area contributed by atoms with Gasteiger partial charge in [-0.05, 0) is 64.3 Å². The van der Waals surface area contributed by atoms with Crippen LogP contribution in [0.4, 0.5) is 0 Å². The summed E-state index contributed by atoms with van der Waals surface area (Å²) < 4.78 is 0. The van der Waals surface area contributed by atoms with Gasteiger partial charge in [0, 0.05) is 0 Å². The molecule has 0 saturated heterocycles. The van der Waals surface area contributed by atoms with E-state index in [9.17, 15) is 14.4 Å². The molecule has 0 spiro atoms. The smallest absolute Gasteiger partial charge is 0.742 e. The van der Waals surface area contributed by atoms with Crippen LogP contribution in [0.15, 0.2) is 106 Å². The number of rotatable bonds is 6. The number of amidine groups is 3. The quantitative estimate of drug-likeness (QED) is 0.283. The van der Waals surface area contributed by atoms with Gasteiger partial charge in [-0.2, -0.15) is 0 Å². The van der Waals surface area contributed by atoms with Crippen molar-refractivity contribution in [2.45, 2.75) is 19.6 Å². The summed E-state index contributed by atoms with van der Waals surface area (Å²) in [7, 11) is 0. The summed E-state index contributed by atoms with van der Waals surface area (Å²) in [5, 5.41) is 1.21. The Morgan fingerprint density at radius 3 is 0.854 bits per heavy atom. The van der Waals surface area contributed by atoms with E-state index >= 15 is 0 Å². The summed E-state index contributed by atoms with van der Waals surface area (Å²) in [4.78, 5) is 50.3. The number of carbonyl (C=O) groups is 3. The van der Waals surface area contributed by atoms with E-state index in [0.29, 0.717) is 35.1 Å². The van der Waals surface area contributed by atoms with Crippen molar-refractivity contribution in [1.82, 2.24) is 14.7 Å². The molecule has 3 aliphatic heterocycles. The first kappa shape index (κ1) is 38.9. The number of hydrogen-bond donors (Lipinski definition) is 0. The summed E-state index contributed by atoms with van der Waals surface area (Å²) in [5.74, 6) is -0.0449. The molecule has 3 aromatic rings. The molecule has 0 atom stereocenters. The van der Waals surface area contributed by atoms with Gasteiger partial charge in [0.15, 0.2) is 0 Å². The third-order valence-corrected chi connectivity index (χ3v) is 7.80. The maximum absolute atomic E-state index is 11.3. The first-order chi connectivity index (χ1) is 22.8. The van der Waals surface area contributed by atoms with Crippen molar-refractivity contribution in [3.8, 4) is 0 Å². The average molecular weight is 729 g/mol. The molecule has 48 heavy (non-hydrogen) atoms. The molecular formula is C35H32N6O3S3Ti+. The van der Waals surface area contributed by atoms with Gasteiger partial charge >= 0.3 is 21.7 Å². The van der Waals surface area contributed by atoms with Gasteiger partial charge in [0.2, 0.25) is 17.7 Å². The molecule has 1 saturated carbocycles. The van der Waals surface area contributed by atoms with Crippen molar-refractivity contribution in [1.29, 1.82) is 0 Å². The van der Waals surface area contributed by atoms with Gasteiger partial charge in [-0.3, -0.25) is 29.4 Å². The monoisotopic (exact) mass is 728 g/mol. The molecule has 9 nitrogen and oxygen atoms in total. The van der Waals surface area contributed by atoms with Crippen LogP contribution in [-0.4, -0.2) is 67.6 Å². The fourth-order valence-electron chi connectivity index (χ4n) is 4.32. The van der Waals surface area contributed by atoms with Crippen molar-refractivity contribution in [2.75, 3.05) is 19.6 Å². The van der Waals surface area contributed by atoms with Crippen molar-refractivity contribution in [3.05, 3.63) is 140 Å². The Balaban J connectivity index is 0.000000180. The van der Waals surface area contributed by atoms with Crippen molar-refractivity contribution < 1.29 is 36.1 Å². The number of hydrogen-bond acceptors (Lipinski definition) is 9. The van der Waals surface area contributed by atoms with E-state index in [-0.39, 0.29) is 59.1 Å². The predicted molar refractivity (Wildman–Crippen MR) is 191 cm³/mol. The topological polar surface area (TPSA) is 98.0 Å². The zero-order chi connectivity index (χ0) is 33.4. The average Bonchev–Trinajstić information content (AvgIpc) is 3.91. The predicted octanol–water partition coefficient (Wildman–Crippen LogP) is 3.81. The molecule has 241 valence electrons. The first-order valence-corrected chi connectivity index (χ1v) is 15.9. The van der Waals surface area contributed by atoms with Gasteiger partial charge in [0.1, 0.15) is 19.6 Å². The van der Waals surface area contributed by atoms with Crippen molar-refractivity contribution in [3.63, 3.8) is 0 Å². The Hall–Kier alpha value is -3.55. The fraction of sp³-hybridized carbons (Fsp3) is 0.171. The van der Waals surface area contributed by atoms with Gasteiger partial charge in [0.25, 0.3) is 0 Å². The van der Waals surface area contributed by atoms with Crippen LogP contribution in [0.3, 0.4) is 0 Å². The number of nitrogens with zero attached hydrogens (tertiary/aromatic N) is 6. The summed E-state index contributed by atoms with van der Waals surface area (Å²) in [6, 6.07) is 29.3. The van der Waals surface area contributed by atoms with Crippen LogP contribution in [0.5, 0.6) is 0 Å². The molecule has 0 aromatic heterocycles.